The predicted octanol–water partition coefficient (Wildman–Crippen LogP) is 3.40. The molecule has 0 heterocycles. The monoisotopic (exact) mass is 312 g/mol. The Morgan fingerprint density at radius 2 is 1.57 bits per heavy atom. The molecule has 2 rings (SSSR count). The van der Waals surface area contributed by atoms with E-state index in [2.05, 4.69) is 0 Å². The number of aliphatic hydroxyl groups is 1. The summed E-state index contributed by atoms with van der Waals surface area (Å²) < 4.78 is 6.03. The molecule has 0 bridgehead atoms. The summed E-state index contributed by atoms with van der Waals surface area (Å²) in [6, 6.07) is 16.1. The van der Waals surface area contributed by atoms with Crippen LogP contribution in [0.2, 0.25) is 0 Å². The molecular formula is C19H22NO3+. The normalized spacial score (nSPS) is 12.0. The molecule has 0 amide bonds. The Bertz CT molecular complexity index is 683. The minimum atomic E-state index is -0.0232. The molecule has 0 spiro atoms. The van der Waals surface area contributed by atoms with Crippen LogP contribution in [-0.2, 0) is 0 Å². The maximum Gasteiger partial charge on any atom is 0.193 e. The second-order valence-corrected chi connectivity index (χ2v) is 6.24. The van der Waals surface area contributed by atoms with Crippen LogP contribution in [0.3, 0.4) is 0 Å². The van der Waals surface area contributed by atoms with Crippen LogP contribution in [0.5, 0.6) is 5.75 Å². The molecule has 0 fully saturated rings. The highest BCUT2D eigenvalue weighted by atomic mass is 16.5. The van der Waals surface area contributed by atoms with Gasteiger partial charge in [0.05, 0.1) is 21.1 Å². The second-order valence-electron chi connectivity index (χ2n) is 6.24. The fourth-order valence-corrected chi connectivity index (χ4v) is 2.10. The summed E-state index contributed by atoms with van der Waals surface area (Å²) >= 11 is 0. The zero-order valence-electron chi connectivity index (χ0n) is 13.7. The molecule has 2 aromatic carbocycles. The fraction of sp³-hybridized carbons (Fsp3) is 0.211. The van der Waals surface area contributed by atoms with E-state index in [0.29, 0.717) is 21.4 Å². The molecule has 0 atom stereocenters. The van der Waals surface area contributed by atoms with Crippen molar-refractivity contribution in [1.29, 1.82) is 0 Å². The van der Waals surface area contributed by atoms with Crippen molar-refractivity contribution in [1.82, 2.24) is 0 Å². The summed E-state index contributed by atoms with van der Waals surface area (Å²) in [5.41, 5.74) is 1.26. The number of ketones is 1. The van der Waals surface area contributed by atoms with Gasteiger partial charge >= 0.3 is 0 Å². The zero-order valence-corrected chi connectivity index (χ0v) is 13.7. The van der Waals surface area contributed by atoms with Gasteiger partial charge in [-0.2, -0.15) is 0 Å². The molecule has 120 valence electrons. The molecule has 0 radical (unpaired) electrons. The lowest BCUT2D eigenvalue weighted by Gasteiger charge is -2.18. The van der Waals surface area contributed by atoms with Gasteiger partial charge in [0, 0.05) is 11.1 Å². The van der Waals surface area contributed by atoms with Gasteiger partial charge in [-0.25, -0.2) is 0 Å². The Hall–Kier alpha value is -2.59. The molecule has 0 aliphatic heterocycles. The van der Waals surface area contributed by atoms with Crippen LogP contribution in [0, 0.1) is 0 Å². The van der Waals surface area contributed by atoms with Gasteiger partial charge in [-0.05, 0) is 24.3 Å². The number of ether oxygens (including phenoxy) is 1. The molecule has 0 saturated carbocycles. The first-order valence-corrected chi connectivity index (χ1v) is 7.39. The van der Waals surface area contributed by atoms with Crippen molar-refractivity contribution in [3.63, 3.8) is 0 Å². The Labute approximate surface area is 136 Å². The summed E-state index contributed by atoms with van der Waals surface area (Å²) in [4.78, 5) is 12.3. The molecule has 0 aliphatic carbocycles. The van der Waals surface area contributed by atoms with Gasteiger partial charge in [0.15, 0.2) is 18.1 Å². The topological polar surface area (TPSA) is 46.5 Å². The average Bonchev–Trinajstić information content (AvgIpc) is 2.52. The van der Waals surface area contributed by atoms with Crippen molar-refractivity contribution < 1.29 is 19.1 Å². The smallest absolute Gasteiger partial charge is 0.193 e. The van der Waals surface area contributed by atoms with Gasteiger partial charge in [-0.1, -0.05) is 30.3 Å². The van der Waals surface area contributed by atoms with E-state index >= 15 is 0 Å². The molecule has 4 nitrogen and oxygen atoms in total. The maximum atomic E-state index is 12.3. The molecule has 0 aliphatic rings. The van der Waals surface area contributed by atoms with Crippen LogP contribution in [0.1, 0.15) is 15.9 Å². The lowest BCUT2D eigenvalue weighted by molar-refractivity contribution is -0.818. The van der Waals surface area contributed by atoms with E-state index in [1.165, 1.54) is 0 Å². The predicted molar refractivity (Wildman–Crippen MR) is 90.6 cm³/mol. The number of rotatable bonds is 6. The van der Waals surface area contributed by atoms with Gasteiger partial charge in [0.1, 0.15) is 11.9 Å². The number of aliphatic hydroxyl groups excluding tert-OH is 1. The second kappa shape index (κ2) is 7.11. The van der Waals surface area contributed by atoms with E-state index in [0.717, 1.165) is 0 Å². The van der Waals surface area contributed by atoms with Crippen molar-refractivity contribution in [2.75, 3.05) is 27.7 Å². The van der Waals surface area contributed by atoms with Crippen LogP contribution >= 0.6 is 0 Å². The summed E-state index contributed by atoms with van der Waals surface area (Å²) in [7, 11) is 5.83. The Balaban J connectivity index is 2.00. The Morgan fingerprint density at radius 1 is 1.00 bits per heavy atom. The zero-order chi connectivity index (χ0) is 16.9. The highest BCUT2D eigenvalue weighted by Gasteiger charge is 2.09. The Morgan fingerprint density at radius 3 is 2.13 bits per heavy atom. The van der Waals surface area contributed by atoms with E-state index < -0.39 is 0 Å². The third-order valence-electron chi connectivity index (χ3n) is 3.08. The third-order valence-corrected chi connectivity index (χ3v) is 3.08. The van der Waals surface area contributed by atoms with E-state index in [9.17, 15) is 9.90 Å². The summed E-state index contributed by atoms with van der Waals surface area (Å²) in [5.74, 6) is 0.753. The fourth-order valence-electron chi connectivity index (χ4n) is 2.10. The number of quaternary nitrogens is 1. The lowest BCUT2D eigenvalue weighted by atomic mass is 10.0. The van der Waals surface area contributed by atoms with E-state index in [1.807, 2.05) is 39.3 Å². The van der Waals surface area contributed by atoms with Gasteiger partial charge < -0.3 is 14.3 Å². The van der Waals surface area contributed by atoms with E-state index in [4.69, 9.17) is 4.74 Å². The van der Waals surface area contributed by atoms with Crippen LogP contribution in [0.25, 0.3) is 0 Å². The number of hydrogen-bond donors (Lipinski definition) is 1. The Kier molecular flexibility index (Phi) is 5.19. The number of carbonyl (C=O) groups is 1. The third kappa shape index (κ3) is 5.27. The molecule has 0 aromatic heterocycles. The summed E-state index contributed by atoms with van der Waals surface area (Å²) in [6.45, 7) is 0.0987. The van der Waals surface area contributed by atoms with Crippen molar-refractivity contribution >= 4 is 5.78 Å². The minimum Gasteiger partial charge on any atom is -0.504 e. The minimum absolute atomic E-state index is 0.0232. The molecular weight excluding hydrogens is 290 g/mol. The van der Waals surface area contributed by atoms with Crippen molar-refractivity contribution in [2.45, 2.75) is 0 Å². The summed E-state index contributed by atoms with van der Waals surface area (Å²) in [5, 5.41) is 9.80. The van der Waals surface area contributed by atoms with Crippen molar-refractivity contribution in [2.24, 2.45) is 0 Å². The highest BCUT2D eigenvalue weighted by Crippen LogP contribution is 2.16. The average molecular weight is 312 g/mol. The standard InChI is InChI=1S/C19H21NO3/c1-20(2,3)13-17(21)14-23-18-11-9-16(10-12-18)19(22)15-7-5-4-6-8-15/h4-13H,14H2,1-3H3/p+1/b17-13+. The van der Waals surface area contributed by atoms with Crippen LogP contribution in [-0.4, -0.2) is 43.1 Å². The van der Waals surface area contributed by atoms with Gasteiger partial charge in [-0.15, -0.1) is 0 Å². The first kappa shape index (κ1) is 16.8. The highest BCUT2D eigenvalue weighted by molar-refractivity contribution is 6.08. The number of benzene rings is 2. The largest absolute Gasteiger partial charge is 0.504 e. The maximum absolute atomic E-state index is 12.3. The van der Waals surface area contributed by atoms with Gasteiger partial charge in [-0.3, -0.25) is 4.79 Å². The van der Waals surface area contributed by atoms with Crippen molar-refractivity contribution in [3.8, 4) is 5.75 Å². The number of hydrogen-bond acceptors (Lipinski definition) is 3. The van der Waals surface area contributed by atoms with Gasteiger partial charge in [0.25, 0.3) is 0 Å². The molecule has 23 heavy (non-hydrogen) atoms. The summed E-state index contributed by atoms with van der Waals surface area (Å²) in [6.07, 6.45) is 1.70. The molecule has 0 unspecified atom stereocenters. The molecule has 4 heteroatoms. The first-order valence-electron chi connectivity index (χ1n) is 7.39. The first-order chi connectivity index (χ1) is 10.8. The SMILES string of the molecule is C[N+](C)(C)/C=C(/O)COc1ccc(C(=O)c2ccccc2)cc1. The lowest BCUT2D eigenvalue weighted by Crippen LogP contribution is -2.28. The van der Waals surface area contributed by atoms with Crippen molar-refractivity contribution in [3.05, 3.63) is 77.7 Å². The molecule has 2 aromatic rings. The number of carbonyl (C=O) groups excluding carboxylic acids is 1. The van der Waals surface area contributed by atoms with Gasteiger partial charge in [0.2, 0.25) is 0 Å². The molecule has 0 saturated heterocycles. The molecule has 1 N–H and O–H groups in total. The number of nitrogens with zero attached hydrogens (tertiary/aromatic N) is 1. The van der Waals surface area contributed by atoms with Crippen LogP contribution in [0.4, 0.5) is 0 Å². The quantitative estimate of drug-likeness (QED) is 0.505. The van der Waals surface area contributed by atoms with Crippen LogP contribution < -0.4 is 4.74 Å². The van der Waals surface area contributed by atoms with E-state index in [1.54, 1.807) is 42.6 Å². The van der Waals surface area contributed by atoms with Crippen LogP contribution in [0.15, 0.2) is 66.6 Å². The van der Waals surface area contributed by atoms with E-state index in [-0.39, 0.29) is 18.1 Å².